The van der Waals surface area contributed by atoms with Crippen molar-refractivity contribution in [2.24, 2.45) is 4.99 Å². The average Bonchev–Trinajstić information content (AvgIpc) is 2.36. The molecule has 0 bridgehead atoms. The third kappa shape index (κ3) is 10.6. The van der Waals surface area contributed by atoms with Crippen LogP contribution >= 0.6 is 0 Å². The fraction of sp³-hybridized carbons (Fsp3) is 0.800. The van der Waals surface area contributed by atoms with Crippen LogP contribution < -0.4 is 10.0 Å². The van der Waals surface area contributed by atoms with Gasteiger partial charge in [0.2, 0.25) is 10.0 Å². The first kappa shape index (κ1) is 20.9. The van der Waals surface area contributed by atoms with Crippen LogP contribution in [0.2, 0.25) is 0 Å². The van der Waals surface area contributed by atoms with Crippen molar-refractivity contribution >= 4 is 16.0 Å². The van der Waals surface area contributed by atoms with E-state index in [1.54, 1.807) is 7.05 Å². The molecule has 0 spiro atoms. The Morgan fingerprint density at radius 1 is 1.32 bits per heavy atom. The van der Waals surface area contributed by atoms with Gasteiger partial charge in [-0.15, -0.1) is 6.58 Å². The van der Waals surface area contributed by atoms with E-state index in [2.05, 4.69) is 26.5 Å². The van der Waals surface area contributed by atoms with Crippen molar-refractivity contribution in [3.05, 3.63) is 12.7 Å². The van der Waals surface area contributed by atoms with Crippen LogP contribution in [-0.4, -0.2) is 58.3 Å². The van der Waals surface area contributed by atoms with E-state index in [-0.39, 0.29) is 0 Å². The number of aliphatic imine (C=N–C) groups is 1. The van der Waals surface area contributed by atoms with Crippen LogP contribution in [0.5, 0.6) is 0 Å². The first-order valence-electron chi connectivity index (χ1n) is 7.63. The second-order valence-corrected chi connectivity index (χ2v) is 7.97. The monoisotopic (exact) mass is 332 g/mol. The Bertz CT molecular complexity index is 458. The number of nitrogens with one attached hydrogen (secondary N) is 2. The van der Waals surface area contributed by atoms with Crippen molar-refractivity contribution in [3.63, 3.8) is 0 Å². The van der Waals surface area contributed by atoms with Gasteiger partial charge in [0.25, 0.3) is 0 Å². The molecule has 0 aromatic carbocycles. The Morgan fingerprint density at radius 2 is 1.95 bits per heavy atom. The summed E-state index contributed by atoms with van der Waals surface area (Å²) in [5, 5.41) is 3.22. The zero-order valence-electron chi connectivity index (χ0n) is 14.6. The van der Waals surface area contributed by atoms with Crippen molar-refractivity contribution in [1.29, 1.82) is 0 Å². The third-order valence-corrected chi connectivity index (χ3v) is 4.05. The van der Waals surface area contributed by atoms with Crippen molar-refractivity contribution in [3.8, 4) is 0 Å². The highest BCUT2D eigenvalue weighted by Crippen LogP contribution is 2.04. The van der Waals surface area contributed by atoms with E-state index in [0.29, 0.717) is 6.54 Å². The smallest absolute Gasteiger partial charge is 0.209 e. The largest absolute Gasteiger partial charge is 0.354 e. The van der Waals surface area contributed by atoms with Gasteiger partial charge in [0, 0.05) is 32.7 Å². The zero-order chi connectivity index (χ0) is 17.2. The number of hydrogen-bond acceptors (Lipinski definition) is 3. The molecule has 6 nitrogen and oxygen atoms in total. The molecule has 0 saturated heterocycles. The second-order valence-electron chi connectivity index (χ2n) is 6.22. The number of hydrogen-bond donors (Lipinski definition) is 2. The summed E-state index contributed by atoms with van der Waals surface area (Å²) >= 11 is 0. The topological polar surface area (TPSA) is 73.8 Å². The van der Waals surface area contributed by atoms with E-state index < -0.39 is 15.6 Å². The lowest BCUT2D eigenvalue weighted by Crippen LogP contribution is -2.53. The minimum atomic E-state index is -3.23. The Labute approximate surface area is 136 Å². The SMILES string of the molecule is C=CCCCCCN(C)C(=NC)NCC(C)(C)NS(C)(=O)=O. The van der Waals surface area contributed by atoms with Gasteiger partial charge in [-0.3, -0.25) is 4.99 Å². The summed E-state index contributed by atoms with van der Waals surface area (Å²) in [5.41, 5.74) is -0.575. The predicted octanol–water partition coefficient (Wildman–Crippen LogP) is 1.57. The molecule has 0 aromatic rings. The van der Waals surface area contributed by atoms with E-state index >= 15 is 0 Å². The van der Waals surface area contributed by atoms with Gasteiger partial charge in [-0.1, -0.05) is 12.5 Å². The van der Waals surface area contributed by atoms with E-state index in [0.717, 1.165) is 38.2 Å². The van der Waals surface area contributed by atoms with Gasteiger partial charge in [0.15, 0.2) is 5.96 Å². The summed E-state index contributed by atoms with van der Waals surface area (Å²) in [5.74, 6) is 0.770. The number of rotatable bonds is 10. The lowest BCUT2D eigenvalue weighted by Gasteiger charge is -2.29. The van der Waals surface area contributed by atoms with Crippen LogP contribution in [0.15, 0.2) is 17.6 Å². The standard InChI is InChI=1S/C15H32N4O2S/c1-7-8-9-10-11-12-19(5)14(16-4)17-13-15(2,3)18-22(6,20)21/h7,18H,1,8-13H2,2-6H3,(H,16,17). The maximum atomic E-state index is 11.3. The number of guanidine groups is 1. The Hall–Kier alpha value is -1.08. The van der Waals surface area contributed by atoms with Crippen LogP contribution in [0.25, 0.3) is 0 Å². The van der Waals surface area contributed by atoms with E-state index in [1.807, 2.05) is 27.0 Å². The molecule has 0 atom stereocenters. The average molecular weight is 333 g/mol. The third-order valence-electron chi connectivity index (χ3n) is 3.13. The summed E-state index contributed by atoms with van der Waals surface area (Å²) in [6.07, 6.45) is 7.58. The highest BCUT2D eigenvalue weighted by molar-refractivity contribution is 7.88. The molecule has 2 N–H and O–H groups in total. The van der Waals surface area contributed by atoms with Crippen molar-refractivity contribution in [2.45, 2.75) is 45.1 Å². The number of unbranched alkanes of at least 4 members (excludes halogenated alkanes) is 3. The molecule has 0 heterocycles. The molecule has 0 radical (unpaired) electrons. The van der Waals surface area contributed by atoms with Gasteiger partial charge in [-0.2, -0.15) is 0 Å². The van der Waals surface area contributed by atoms with Crippen LogP contribution in [-0.2, 0) is 10.0 Å². The molecule has 0 rings (SSSR count). The minimum Gasteiger partial charge on any atom is -0.354 e. The maximum Gasteiger partial charge on any atom is 0.209 e. The molecule has 7 heteroatoms. The minimum absolute atomic E-state index is 0.466. The van der Waals surface area contributed by atoms with Gasteiger partial charge in [-0.25, -0.2) is 13.1 Å². The molecule has 0 aliphatic carbocycles. The van der Waals surface area contributed by atoms with E-state index in [4.69, 9.17) is 0 Å². The fourth-order valence-corrected chi connectivity index (χ4v) is 3.22. The fourth-order valence-electron chi connectivity index (χ4n) is 2.14. The zero-order valence-corrected chi connectivity index (χ0v) is 15.5. The maximum absolute atomic E-state index is 11.3. The van der Waals surface area contributed by atoms with Crippen molar-refractivity contribution in [2.75, 3.05) is 33.4 Å². The summed E-state index contributed by atoms with van der Waals surface area (Å²) in [6.45, 7) is 8.77. The Morgan fingerprint density at radius 3 is 2.45 bits per heavy atom. The summed E-state index contributed by atoms with van der Waals surface area (Å²) in [7, 11) is 0.484. The van der Waals surface area contributed by atoms with Crippen LogP contribution in [0.1, 0.15) is 39.5 Å². The van der Waals surface area contributed by atoms with Gasteiger partial charge in [0.05, 0.1) is 6.26 Å². The molecule has 22 heavy (non-hydrogen) atoms. The molecule has 0 saturated carbocycles. The molecule has 0 aromatic heterocycles. The molecule has 0 amide bonds. The molecule has 0 aliphatic rings. The van der Waals surface area contributed by atoms with Gasteiger partial charge in [0.1, 0.15) is 0 Å². The quantitative estimate of drug-likeness (QED) is 0.276. The van der Waals surface area contributed by atoms with Gasteiger partial charge < -0.3 is 10.2 Å². The van der Waals surface area contributed by atoms with E-state index in [1.165, 1.54) is 6.26 Å². The summed E-state index contributed by atoms with van der Waals surface area (Å²) in [6, 6.07) is 0. The lowest BCUT2D eigenvalue weighted by molar-refractivity contribution is 0.417. The van der Waals surface area contributed by atoms with Crippen molar-refractivity contribution < 1.29 is 8.42 Å². The molecule has 130 valence electrons. The number of sulfonamides is 1. The Kier molecular flexibility index (Phi) is 9.36. The molecular formula is C15H32N4O2S. The number of allylic oxidation sites excluding steroid dienone is 1. The summed E-state index contributed by atoms with van der Waals surface area (Å²) in [4.78, 5) is 6.30. The van der Waals surface area contributed by atoms with Crippen LogP contribution in [0.4, 0.5) is 0 Å². The Balaban J connectivity index is 4.28. The van der Waals surface area contributed by atoms with Gasteiger partial charge in [-0.05, 0) is 33.1 Å². The normalized spacial score (nSPS) is 13.0. The van der Waals surface area contributed by atoms with Crippen molar-refractivity contribution in [1.82, 2.24) is 14.9 Å². The molecule has 0 aliphatic heterocycles. The van der Waals surface area contributed by atoms with E-state index in [9.17, 15) is 8.42 Å². The summed E-state index contributed by atoms with van der Waals surface area (Å²) < 4.78 is 25.3. The first-order chi connectivity index (χ1) is 10.1. The lowest BCUT2D eigenvalue weighted by atomic mass is 10.1. The highest BCUT2D eigenvalue weighted by Gasteiger charge is 2.22. The molecule has 0 unspecified atom stereocenters. The molecular weight excluding hydrogens is 300 g/mol. The number of nitrogens with zero attached hydrogens (tertiary/aromatic N) is 2. The van der Waals surface area contributed by atoms with Crippen LogP contribution in [0, 0.1) is 0 Å². The first-order valence-corrected chi connectivity index (χ1v) is 9.52. The highest BCUT2D eigenvalue weighted by atomic mass is 32.2. The predicted molar refractivity (Wildman–Crippen MR) is 94.7 cm³/mol. The molecule has 0 fully saturated rings. The van der Waals surface area contributed by atoms with Gasteiger partial charge >= 0.3 is 0 Å². The van der Waals surface area contributed by atoms with Crippen LogP contribution in [0.3, 0.4) is 0 Å². The second kappa shape index (κ2) is 9.84.